The maximum Gasteiger partial charge on any atom is 0.407 e. The number of ether oxygens (including phenoxy) is 2. The van der Waals surface area contributed by atoms with Gasteiger partial charge in [-0.3, -0.25) is 4.99 Å². The van der Waals surface area contributed by atoms with E-state index in [0.29, 0.717) is 23.6 Å². The van der Waals surface area contributed by atoms with Gasteiger partial charge in [0.25, 0.3) is 0 Å². The molecule has 3 aliphatic carbocycles. The van der Waals surface area contributed by atoms with Gasteiger partial charge in [0.2, 0.25) is 0 Å². The van der Waals surface area contributed by atoms with Crippen LogP contribution in [0.5, 0.6) is 0 Å². The SMILES string of the molecule is CCOC1CC(NC(=NC)NC2CCC(NC(=O)OC(C)(C)C)CC2)C12CCC2. The van der Waals surface area contributed by atoms with E-state index in [2.05, 4.69) is 27.9 Å². The van der Waals surface area contributed by atoms with E-state index in [1.54, 1.807) is 0 Å². The maximum atomic E-state index is 12.0. The van der Waals surface area contributed by atoms with Gasteiger partial charge < -0.3 is 25.4 Å². The van der Waals surface area contributed by atoms with Crippen LogP contribution in [0.15, 0.2) is 4.99 Å². The number of rotatable bonds is 5. The van der Waals surface area contributed by atoms with Crippen LogP contribution < -0.4 is 16.0 Å². The van der Waals surface area contributed by atoms with Crippen molar-refractivity contribution in [3.63, 3.8) is 0 Å². The minimum Gasteiger partial charge on any atom is -0.444 e. The maximum absolute atomic E-state index is 12.0. The van der Waals surface area contributed by atoms with Gasteiger partial charge in [0.1, 0.15) is 5.60 Å². The van der Waals surface area contributed by atoms with Gasteiger partial charge in [-0.15, -0.1) is 0 Å². The number of nitrogens with zero attached hydrogens (tertiary/aromatic N) is 1. The summed E-state index contributed by atoms with van der Waals surface area (Å²) in [7, 11) is 1.84. The number of carbonyl (C=O) groups is 1. The van der Waals surface area contributed by atoms with Gasteiger partial charge >= 0.3 is 6.09 Å². The summed E-state index contributed by atoms with van der Waals surface area (Å²) in [6.45, 7) is 8.55. The molecular formula is C22H40N4O3. The molecule has 0 bridgehead atoms. The van der Waals surface area contributed by atoms with Crippen LogP contribution in [0.25, 0.3) is 0 Å². The Bertz CT molecular complexity index is 589. The van der Waals surface area contributed by atoms with Crippen molar-refractivity contribution in [1.82, 2.24) is 16.0 Å². The Hall–Kier alpha value is -1.50. The standard InChI is InChI=1S/C22H40N4O3/c1-6-28-18-14-17(22(18)12-7-13-22)26-19(23-5)24-15-8-10-16(11-9-15)25-20(27)29-21(2,3)4/h15-18H,6-14H2,1-5H3,(H,25,27)(H2,23,24,26). The normalized spacial score (nSPS) is 31.4. The Balaban J connectivity index is 1.41. The molecule has 3 fully saturated rings. The number of alkyl carbamates (subject to hydrolysis) is 1. The van der Waals surface area contributed by atoms with Crippen LogP contribution in [0.2, 0.25) is 0 Å². The first kappa shape index (κ1) is 22.2. The highest BCUT2D eigenvalue weighted by Gasteiger charge is 2.59. The molecule has 3 aliphatic rings. The lowest BCUT2D eigenvalue weighted by atomic mass is 9.51. The van der Waals surface area contributed by atoms with Gasteiger partial charge in [-0.05, 0) is 72.6 Å². The van der Waals surface area contributed by atoms with E-state index in [1.807, 2.05) is 27.8 Å². The van der Waals surface area contributed by atoms with Crippen molar-refractivity contribution in [3.8, 4) is 0 Å². The molecular weight excluding hydrogens is 368 g/mol. The number of hydrogen-bond donors (Lipinski definition) is 3. The predicted molar refractivity (Wildman–Crippen MR) is 115 cm³/mol. The van der Waals surface area contributed by atoms with Crippen molar-refractivity contribution in [2.75, 3.05) is 13.7 Å². The Morgan fingerprint density at radius 2 is 1.69 bits per heavy atom. The third-order valence-corrected chi connectivity index (χ3v) is 6.76. The molecule has 2 atom stereocenters. The fourth-order valence-corrected chi connectivity index (χ4v) is 5.03. The first-order chi connectivity index (χ1) is 13.8. The summed E-state index contributed by atoms with van der Waals surface area (Å²) in [5.74, 6) is 0.903. The van der Waals surface area contributed by atoms with Crippen molar-refractivity contribution in [2.45, 2.75) is 109 Å². The lowest BCUT2D eigenvalue weighted by Gasteiger charge is -2.61. The summed E-state index contributed by atoms with van der Waals surface area (Å²) in [6, 6.07) is 1.04. The zero-order valence-corrected chi connectivity index (χ0v) is 18.8. The van der Waals surface area contributed by atoms with Crippen LogP contribution in [0, 0.1) is 5.41 Å². The quantitative estimate of drug-likeness (QED) is 0.480. The Morgan fingerprint density at radius 1 is 1.07 bits per heavy atom. The van der Waals surface area contributed by atoms with Gasteiger partial charge in [-0.1, -0.05) is 6.42 Å². The monoisotopic (exact) mass is 408 g/mol. The molecule has 3 saturated carbocycles. The fraction of sp³-hybridized carbons (Fsp3) is 0.909. The third-order valence-electron chi connectivity index (χ3n) is 6.76. The second-order valence-electron chi connectivity index (χ2n) is 9.87. The molecule has 29 heavy (non-hydrogen) atoms. The number of amides is 1. The topological polar surface area (TPSA) is 84.0 Å². The van der Waals surface area contributed by atoms with Gasteiger partial charge in [-0.25, -0.2) is 4.79 Å². The molecule has 0 aromatic rings. The number of aliphatic imine (C=N–C) groups is 1. The average molecular weight is 409 g/mol. The molecule has 7 heteroatoms. The van der Waals surface area contributed by atoms with E-state index in [0.717, 1.165) is 44.7 Å². The molecule has 3 rings (SSSR count). The van der Waals surface area contributed by atoms with Gasteiger partial charge in [-0.2, -0.15) is 0 Å². The van der Waals surface area contributed by atoms with Gasteiger partial charge in [0, 0.05) is 37.2 Å². The lowest BCUT2D eigenvalue weighted by Crippen LogP contribution is -2.69. The lowest BCUT2D eigenvalue weighted by molar-refractivity contribution is -0.168. The van der Waals surface area contributed by atoms with E-state index < -0.39 is 5.60 Å². The number of carbonyl (C=O) groups excluding carboxylic acids is 1. The highest BCUT2D eigenvalue weighted by Crippen LogP contribution is 2.57. The van der Waals surface area contributed by atoms with Crippen LogP contribution in [-0.4, -0.2) is 55.5 Å². The van der Waals surface area contributed by atoms with Crippen molar-refractivity contribution in [2.24, 2.45) is 10.4 Å². The minimum atomic E-state index is -0.457. The van der Waals surface area contributed by atoms with E-state index in [-0.39, 0.29) is 12.1 Å². The molecule has 2 unspecified atom stereocenters. The van der Waals surface area contributed by atoms with E-state index in [9.17, 15) is 4.79 Å². The first-order valence-electron chi connectivity index (χ1n) is 11.4. The summed E-state index contributed by atoms with van der Waals surface area (Å²) in [6.07, 6.45) is 8.92. The first-order valence-corrected chi connectivity index (χ1v) is 11.4. The second-order valence-corrected chi connectivity index (χ2v) is 9.87. The molecule has 0 aromatic carbocycles. The van der Waals surface area contributed by atoms with Crippen molar-refractivity contribution in [1.29, 1.82) is 0 Å². The number of guanidine groups is 1. The number of nitrogens with one attached hydrogen (secondary N) is 3. The van der Waals surface area contributed by atoms with Gasteiger partial charge in [0.15, 0.2) is 5.96 Å². The molecule has 7 nitrogen and oxygen atoms in total. The van der Waals surface area contributed by atoms with Crippen LogP contribution in [0.1, 0.15) is 79.1 Å². The van der Waals surface area contributed by atoms with E-state index in [1.165, 1.54) is 19.3 Å². The zero-order chi connectivity index (χ0) is 21.1. The summed E-state index contributed by atoms with van der Waals surface area (Å²) < 4.78 is 11.3. The fourth-order valence-electron chi connectivity index (χ4n) is 5.03. The average Bonchev–Trinajstić information content (AvgIpc) is 2.58. The van der Waals surface area contributed by atoms with E-state index in [4.69, 9.17) is 9.47 Å². The smallest absolute Gasteiger partial charge is 0.407 e. The summed E-state index contributed by atoms with van der Waals surface area (Å²) in [4.78, 5) is 16.4. The van der Waals surface area contributed by atoms with Crippen LogP contribution >= 0.6 is 0 Å². The zero-order valence-electron chi connectivity index (χ0n) is 18.8. The molecule has 166 valence electrons. The Morgan fingerprint density at radius 3 is 2.17 bits per heavy atom. The molecule has 0 heterocycles. The minimum absolute atomic E-state index is 0.190. The summed E-state index contributed by atoms with van der Waals surface area (Å²) in [5.41, 5.74) is -0.135. The van der Waals surface area contributed by atoms with Crippen molar-refractivity contribution < 1.29 is 14.3 Å². The molecule has 1 amide bonds. The molecule has 0 aliphatic heterocycles. The van der Waals surface area contributed by atoms with Crippen LogP contribution in [0.3, 0.4) is 0 Å². The third kappa shape index (κ3) is 5.36. The molecule has 1 spiro atoms. The predicted octanol–water partition coefficient (Wildman–Crippen LogP) is 3.34. The summed E-state index contributed by atoms with van der Waals surface area (Å²) in [5, 5.41) is 10.3. The van der Waals surface area contributed by atoms with Crippen LogP contribution in [-0.2, 0) is 9.47 Å². The highest BCUT2D eigenvalue weighted by molar-refractivity contribution is 5.80. The second kappa shape index (κ2) is 9.11. The molecule has 0 aromatic heterocycles. The van der Waals surface area contributed by atoms with Crippen LogP contribution in [0.4, 0.5) is 4.79 Å². The molecule has 3 N–H and O–H groups in total. The van der Waals surface area contributed by atoms with E-state index >= 15 is 0 Å². The largest absolute Gasteiger partial charge is 0.444 e. The molecule has 0 saturated heterocycles. The Labute approximate surface area is 175 Å². The Kier molecular flexibility index (Phi) is 6.97. The summed E-state index contributed by atoms with van der Waals surface area (Å²) >= 11 is 0. The van der Waals surface area contributed by atoms with Crippen molar-refractivity contribution in [3.05, 3.63) is 0 Å². The molecule has 0 radical (unpaired) electrons. The van der Waals surface area contributed by atoms with Crippen molar-refractivity contribution >= 4 is 12.1 Å². The van der Waals surface area contributed by atoms with Gasteiger partial charge in [0.05, 0.1) is 6.10 Å². The highest BCUT2D eigenvalue weighted by atomic mass is 16.6. The number of hydrogen-bond acceptors (Lipinski definition) is 4.